The minimum atomic E-state index is -4.62. The number of aliphatic imine (C=N–C) groups is 1. The molecule has 24 heavy (non-hydrogen) atoms. The highest BCUT2D eigenvalue weighted by Gasteiger charge is 2.37. The van der Waals surface area contributed by atoms with Gasteiger partial charge >= 0.3 is 6.18 Å². The summed E-state index contributed by atoms with van der Waals surface area (Å²) in [6.45, 7) is 0. The first-order valence-corrected chi connectivity index (χ1v) is 7.97. The Labute approximate surface area is 145 Å². The van der Waals surface area contributed by atoms with Gasteiger partial charge in [0.25, 0.3) is 0 Å². The topological polar surface area (TPSA) is 61.8 Å². The summed E-state index contributed by atoms with van der Waals surface area (Å²) >= 11 is 6.66. The van der Waals surface area contributed by atoms with Gasteiger partial charge in [-0.05, 0) is 18.2 Å². The highest BCUT2D eigenvalue weighted by atomic mass is 35.5. The van der Waals surface area contributed by atoms with E-state index < -0.39 is 27.9 Å². The van der Waals surface area contributed by atoms with Crippen molar-refractivity contribution in [2.75, 3.05) is 19.4 Å². The monoisotopic (exact) mass is 379 g/mol. The number of amidine groups is 1. The van der Waals surface area contributed by atoms with Crippen LogP contribution in [0.2, 0.25) is 5.02 Å². The molecule has 1 fully saturated rings. The second kappa shape index (κ2) is 7.02. The predicted octanol–water partition coefficient (Wildman–Crippen LogP) is 3.25. The Morgan fingerprint density at radius 3 is 2.67 bits per heavy atom. The van der Waals surface area contributed by atoms with Crippen LogP contribution in [0.5, 0.6) is 0 Å². The average molecular weight is 380 g/mol. The van der Waals surface area contributed by atoms with E-state index in [-0.39, 0.29) is 18.0 Å². The molecule has 1 saturated heterocycles. The van der Waals surface area contributed by atoms with Crippen molar-refractivity contribution in [1.29, 1.82) is 0 Å². The molecular formula is C14H13ClF3N3O2S. The van der Waals surface area contributed by atoms with E-state index >= 15 is 0 Å². The third-order valence-corrected chi connectivity index (χ3v) is 4.91. The number of halogens is 4. The molecule has 1 aliphatic rings. The maximum absolute atomic E-state index is 12.8. The minimum Gasteiger partial charge on any atom is -0.326 e. The first-order chi connectivity index (χ1) is 11.1. The molecule has 1 heterocycles. The number of rotatable bonds is 3. The number of carbonyl (C=O) groups excluding carboxylic acids is 2. The molecule has 0 spiro atoms. The highest BCUT2D eigenvalue weighted by molar-refractivity contribution is 8.15. The summed E-state index contributed by atoms with van der Waals surface area (Å²) in [5.41, 5.74) is -1.07. The van der Waals surface area contributed by atoms with Crippen LogP contribution in [0.4, 0.5) is 18.9 Å². The van der Waals surface area contributed by atoms with Crippen LogP contribution in [0, 0.1) is 0 Å². The first kappa shape index (κ1) is 18.6. The lowest BCUT2D eigenvalue weighted by Crippen LogP contribution is -2.30. The largest absolute Gasteiger partial charge is 0.417 e. The van der Waals surface area contributed by atoms with Crippen molar-refractivity contribution < 1.29 is 22.8 Å². The first-order valence-electron chi connectivity index (χ1n) is 6.71. The summed E-state index contributed by atoms with van der Waals surface area (Å²) in [4.78, 5) is 29.2. The summed E-state index contributed by atoms with van der Waals surface area (Å²) in [7, 11) is 3.07. The number of benzene rings is 1. The third-order valence-electron chi connectivity index (χ3n) is 3.26. The van der Waals surface area contributed by atoms with Crippen LogP contribution in [0.3, 0.4) is 0 Å². The number of hydrogen-bond donors (Lipinski definition) is 1. The standard InChI is InChI=1S/C14H13ClF3N3O2S/c1-19-13-21(2)12(23)10(24-13)6-11(22)20-7-3-4-9(15)8(5-7)14(16,17)18/h3-5,10H,6H2,1-2H3,(H,20,22). The number of nitrogens with one attached hydrogen (secondary N) is 1. The summed E-state index contributed by atoms with van der Waals surface area (Å²) in [5, 5.41) is 1.74. The lowest BCUT2D eigenvalue weighted by Gasteiger charge is -2.12. The molecule has 1 aromatic rings. The molecule has 0 radical (unpaired) electrons. The molecule has 0 aromatic heterocycles. The van der Waals surface area contributed by atoms with E-state index in [4.69, 9.17) is 11.6 Å². The van der Waals surface area contributed by atoms with E-state index in [1.807, 2.05) is 0 Å². The Balaban J connectivity index is 2.07. The highest BCUT2D eigenvalue weighted by Crippen LogP contribution is 2.36. The molecule has 2 rings (SSSR count). The van der Waals surface area contributed by atoms with Gasteiger partial charge in [0.2, 0.25) is 11.8 Å². The fourth-order valence-corrected chi connectivity index (χ4v) is 3.43. The van der Waals surface area contributed by atoms with Crippen molar-refractivity contribution in [2.45, 2.75) is 17.8 Å². The molecule has 1 atom stereocenters. The van der Waals surface area contributed by atoms with E-state index in [1.54, 1.807) is 7.05 Å². The zero-order valence-electron chi connectivity index (χ0n) is 12.6. The van der Waals surface area contributed by atoms with E-state index in [2.05, 4.69) is 10.3 Å². The Hall–Kier alpha value is -1.74. The van der Waals surface area contributed by atoms with Gasteiger partial charge in [0.05, 0.1) is 10.6 Å². The van der Waals surface area contributed by atoms with Crippen molar-refractivity contribution in [3.05, 3.63) is 28.8 Å². The van der Waals surface area contributed by atoms with Crippen molar-refractivity contribution >= 4 is 46.0 Å². The smallest absolute Gasteiger partial charge is 0.326 e. The van der Waals surface area contributed by atoms with Crippen LogP contribution in [-0.4, -0.2) is 41.2 Å². The number of amides is 2. The molecule has 0 aliphatic carbocycles. The maximum atomic E-state index is 12.8. The summed E-state index contributed by atoms with van der Waals surface area (Å²) in [5.74, 6) is -0.843. The van der Waals surface area contributed by atoms with Crippen LogP contribution in [0.1, 0.15) is 12.0 Å². The molecule has 1 N–H and O–H groups in total. The van der Waals surface area contributed by atoms with Gasteiger partial charge in [0.15, 0.2) is 5.17 Å². The van der Waals surface area contributed by atoms with E-state index in [1.165, 1.54) is 18.0 Å². The third kappa shape index (κ3) is 4.02. The van der Waals surface area contributed by atoms with Gasteiger partial charge in [0.1, 0.15) is 5.25 Å². The van der Waals surface area contributed by atoms with E-state index in [9.17, 15) is 22.8 Å². The molecule has 1 aliphatic heterocycles. The van der Waals surface area contributed by atoms with Gasteiger partial charge in [-0.15, -0.1) is 0 Å². The number of anilines is 1. The van der Waals surface area contributed by atoms with Crippen molar-refractivity contribution in [2.24, 2.45) is 4.99 Å². The second-order valence-corrected chi connectivity index (χ2v) is 6.53. The van der Waals surface area contributed by atoms with Crippen LogP contribution in [0.25, 0.3) is 0 Å². The van der Waals surface area contributed by atoms with Gasteiger partial charge in [-0.3, -0.25) is 19.5 Å². The van der Waals surface area contributed by atoms with Crippen molar-refractivity contribution in [3.8, 4) is 0 Å². The summed E-state index contributed by atoms with van der Waals surface area (Å²) in [6.07, 6.45) is -4.79. The number of nitrogens with zero attached hydrogens (tertiary/aromatic N) is 2. The molecule has 130 valence electrons. The van der Waals surface area contributed by atoms with Gasteiger partial charge in [-0.2, -0.15) is 13.2 Å². The Bertz CT molecular complexity index is 709. The molecule has 10 heteroatoms. The van der Waals surface area contributed by atoms with Crippen LogP contribution in [-0.2, 0) is 15.8 Å². The zero-order chi connectivity index (χ0) is 18.1. The van der Waals surface area contributed by atoms with Crippen molar-refractivity contribution in [1.82, 2.24) is 4.90 Å². The quantitative estimate of drug-likeness (QED) is 0.877. The second-order valence-electron chi connectivity index (χ2n) is 4.95. The fourth-order valence-electron chi connectivity index (χ4n) is 2.10. The van der Waals surface area contributed by atoms with Gasteiger partial charge < -0.3 is 5.32 Å². The lowest BCUT2D eigenvalue weighted by molar-refractivity contribution is -0.137. The Morgan fingerprint density at radius 1 is 1.46 bits per heavy atom. The maximum Gasteiger partial charge on any atom is 0.417 e. The summed E-state index contributed by atoms with van der Waals surface area (Å²) in [6, 6.07) is 3.09. The fraction of sp³-hybridized carbons (Fsp3) is 0.357. The number of carbonyl (C=O) groups is 2. The van der Waals surface area contributed by atoms with Crippen LogP contribution in [0.15, 0.2) is 23.2 Å². The predicted molar refractivity (Wildman–Crippen MR) is 87.2 cm³/mol. The SMILES string of the molecule is CN=C1SC(CC(=O)Nc2ccc(Cl)c(C(F)(F)F)c2)C(=O)N1C. The zero-order valence-corrected chi connectivity index (χ0v) is 14.2. The Kier molecular flexibility index (Phi) is 5.44. The normalized spacial score (nSPS) is 19.9. The van der Waals surface area contributed by atoms with Gasteiger partial charge in [-0.1, -0.05) is 23.4 Å². The van der Waals surface area contributed by atoms with Gasteiger partial charge in [0, 0.05) is 26.2 Å². The molecule has 1 unspecified atom stereocenters. The molecule has 5 nitrogen and oxygen atoms in total. The van der Waals surface area contributed by atoms with Crippen LogP contribution < -0.4 is 5.32 Å². The van der Waals surface area contributed by atoms with Gasteiger partial charge in [-0.25, -0.2) is 0 Å². The molecule has 0 saturated carbocycles. The van der Waals surface area contributed by atoms with E-state index in [0.29, 0.717) is 5.17 Å². The molecule has 0 bridgehead atoms. The molecule has 2 amide bonds. The van der Waals surface area contributed by atoms with Crippen LogP contribution >= 0.6 is 23.4 Å². The number of alkyl halides is 3. The van der Waals surface area contributed by atoms with E-state index in [0.717, 1.165) is 23.9 Å². The Morgan fingerprint density at radius 2 is 2.12 bits per heavy atom. The number of hydrogen-bond acceptors (Lipinski definition) is 4. The average Bonchev–Trinajstić information content (AvgIpc) is 2.76. The summed E-state index contributed by atoms with van der Waals surface area (Å²) < 4.78 is 38.4. The number of thioether (sulfide) groups is 1. The minimum absolute atomic E-state index is 0.0371. The lowest BCUT2D eigenvalue weighted by atomic mass is 10.2. The van der Waals surface area contributed by atoms with Crippen molar-refractivity contribution in [3.63, 3.8) is 0 Å². The molecule has 1 aromatic carbocycles. The molecular weight excluding hydrogens is 367 g/mol.